The third-order valence-electron chi connectivity index (χ3n) is 17.6. The van der Waals surface area contributed by atoms with Gasteiger partial charge in [-0.2, -0.15) is 0 Å². The smallest absolute Gasteiger partial charge is 0.268 e. The standard InChI is InChI=1S/C76H149N2O6P/c1-6-8-10-12-14-16-18-20-22-24-26-28-30-32-34-35-36-37-38-39-40-41-42-43-44-46-48-50-52-54-56-58-60-62-64-66-68-70-76(80)77-74(73-84-85(81,82)83-72-71-78(3,4)5)75(79)69-67-65-63-61-59-57-55-53-51-49-47-45-33-31-29-27-25-23-21-19-17-15-13-11-9-7-2/h24,26,59,61,67,69,74-75,79H,6-23,25,27-58,60,62-66,68,70-73H2,1-5H3,(H-,77,80,81,82)/b26-24-,61-59+,69-67+. The molecular weight excluding hydrogens is 1070 g/mol. The van der Waals surface area contributed by atoms with Crippen LogP contribution in [0.5, 0.6) is 0 Å². The van der Waals surface area contributed by atoms with E-state index >= 15 is 0 Å². The molecule has 0 aliphatic carbocycles. The molecule has 0 aromatic carbocycles. The number of amides is 1. The zero-order chi connectivity index (χ0) is 61.9. The molecule has 0 bridgehead atoms. The SMILES string of the molecule is CCCCCCCCCC/C=C\CCCCCCCCCCCCCCCCCCCCCCCCCCCC(=O)NC(COP(=O)([O-])OCC[N+](C)(C)C)C(O)/C=C/CC/C=C/CCCCCCCCCCCCCCCCCCCCCC. The van der Waals surface area contributed by atoms with Gasteiger partial charge in [0.1, 0.15) is 13.2 Å². The molecule has 0 aliphatic heterocycles. The van der Waals surface area contributed by atoms with Gasteiger partial charge in [0, 0.05) is 6.42 Å². The molecular formula is C76H149N2O6P. The van der Waals surface area contributed by atoms with Gasteiger partial charge in [0.05, 0.1) is 39.9 Å². The van der Waals surface area contributed by atoms with E-state index in [0.29, 0.717) is 17.4 Å². The number of quaternary nitrogens is 1. The lowest BCUT2D eigenvalue weighted by Crippen LogP contribution is -2.45. The van der Waals surface area contributed by atoms with Crippen LogP contribution >= 0.6 is 7.82 Å². The number of unbranched alkanes of at least 4 members (excludes halogenated alkanes) is 54. The minimum absolute atomic E-state index is 0.00409. The molecule has 0 fully saturated rings. The van der Waals surface area contributed by atoms with Crippen molar-refractivity contribution in [3.63, 3.8) is 0 Å². The summed E-state index contributed by atoms with van der Waals surface area (Å²) < 4.78 is 23.5. The Hall–Kier alpha value is -1.28. The number of phosphoric ester groups is 1. The number of carbonyl (C=O) groups is 1. The maximum atomic E-state index is 13.1. The van der Waals surface area contributed by atoms with Crippen molar-refractivity contribution in [1.29, 1.82) is 0 Å². The summed E-state index contributed by atoms with van der Waals surface area (Å²) in [5.74, 6) is -0.198. The van der Waals surface area contributed by atoms with E-state index in [0.717, 1.165) is 38.5 Å². The van der Waals surface area contributed by atoms with Crippen LogP contribution in [0.3, 0.4) is 0 Å². The summed E-state index contributed by atoms with van der Waals surface area (Å²) in [6.45, 7) is 4.69. The maximum Gasteiger partial charge on any atom is 0.268 e. The van der Waals surface area contributed by atoms with E-state index in [2.05, 4.69) is 43.5 Å². The Morgan fingerprint density at radius 1 is 0.400 bits per heavy atom. The molecule has 0 spiro atoms. The van der Waals surface area contributed by atoms with Crippen LogP contribution in [-0.4, -0.2) is 68.5 Å². The van der Waals surface area contributed by atoms with Crippen LogP contribution < -0.4 is 10.2 Å². The molecule has 0 rings (SSSR count). The summed E-state index contributed by atoms with van der Waals surface area (Å²) in [5.41, 5.74) is 0. The fourth-order valence-electron chi connectivity index (χ4n) is 11.7. The zero-order valence-electron chi connectivity index (χ0n) is 57.8. The zero-order valence-corrected chi connectivity index (χ0v) is 58.7. The number of phosphoric acid groups is 1. The molecule has 0 heterocycles. The van der Waals surface area contributed by atoms with Crippen LogP contribution in [0.1, 0.15) is 393 Å². The number of hydrogen-bond donors (Lipinski definition) is 2. The summed E-state index contributed by atoms with van der Waals surface area (Å²) >= 11 is 0. The third-order valence-corrected chi connectivity index (χ3v) is 18.5. The number of likely N-dealkylation sites (N-methyl/N-ethyl adjacent to an activating group) is 1. The van der Waals surface area contributed by atoms with Gasteiger partial charge in [-0.1, -0.05) is 365 Å². The first-order valence-electron chi connectivity index (χ1n) is 37.9. The van der Waals surface area contributed by atoms with Gasteiger partial charge >= 0.3 is 0 Å². The molecule has 3 unspecified atom stereocenters. The molecule has 0 saturated heterocycles. The van der Waals surface area contributed by atoms with Crippen LogP contribution in [-0.2, 0) is 18.4 Å². The van der Waals surface area contributed by atoms with E-state index in [1.54, 1.807) is 6.08 Å². The van der Waals surface area contributed by atoms with Crippen molar-refractivity contribution in [3.05, 3.63) is 36.5 Å². The minimum atomic E-state index is -4.61. The number of nitrogens with one attached hydrogen (secondary N) is 1. The predicted molar refractivity (Wildman–Crippen MR) is 372 cm³/mol. The average molecular weight is 1220 g/mol. The van der Waals surface area contributed by atoms with E-state index < -0.39 is 20.0 Å². The van der Waals surface area contributed by atoms with Gasteiger partial charge in [-0.15, -0.1) is 0 Å². The summed E-state index contributed by atoms with van der Waals surface area (Å²) in [5, 5.41) is 14.0. The molecule has 0 aromatic heterocycles. The van der Waals surface area contributed by atoms with Gasteiger partial charge in [0.25, 0.3) is 7.82 Å². The number of hydrogen-bond acceptors (Lipinski definition) is 6. The van der Waals surface area contributed by atoms with Gasteiger partial charge < -0.3 is 28.8 Å². The summed E-state index contributed by atoms with van der Waals surface area (Å²) in [6.07, 6.45) is 90.2. The van der Waals surface area contributed by atoms with E-state index in [1.165, 1.54) is 334 Å². The number of carbonyl (C=O) groups excluding carboxylic acids is 1. The van der Waals surface area contributed by atoms with Crippen molar-refractivity contribution in [2.24, 2.45) is 0 Å². The highest BCUT2D eigenvalue weighted by atomic mass is 31.2. The Morgan fingerprint density at radius 3 is 0.953 bits per heavy atom. The first-order chi connectivity index (χ1) is 41.5. The van der Waals surface area contributed by atoms with Crippen molar-refractivity contribution in [1.82, 2.24) is 5.32 Å². The van der Waals surface area contributed by atoms with Crippen molar-refractivity contribution < 1.29 is 32.9 Å². The normalized spacial score (nSPS) is 13.7. The quantitative estimate of drug-likeness (QED) is 0.0272. The van der Waals surface area contributed by atoms with Crippen LogP contribution in [0.4, 0.5) is 0 Å². The second kappa shape index (κ2) is 67.1. The number of rotatable bonds is 71. The Bertz CT molecular complexity index is 1480. The van der Waals surface area contributed by atoms with Crippen molar-refractivity contribution >= 4 is 13.7 Å². The second-order valence-electron chi connectivity index (χ2n) is 27.4. The Kier molecular flexibility index (Phi) is 66.1. The lowest BCUT2D eigenvalue weighted by atomic mass is 10.0. The first-order valence-corrected chi connectivity index (χ1v) is 39.3. The van der Waals surface area contributed by atoms with Crippen molar-refractivity contribution in [2.45, 2.75) is 405 Å². The second-order valence-corrected chi connectivity index (χ2v) is 28.8. The summed E-state index contributed by atoms with van der Waals surface area (Å²) in [6, 6.07) is -0.903. The lowest BCUT2D eigenvalue weighted by molar-refractivity contribution is -0.870. The number of allylic oxidation sites excluding steroid dienone is 5. The molecule has 0 aliphatic rings. The van der Waals surface area contributed by atoms with Gasteiger partial charge in [-0.05, 0) is 57.8 Å². The van der Waals surface area contributed by atoms with Crippen molar-refractivity contribution in [2.75, 3.05) is 40.9 Å². The van der Waals surface area contributed by atoms with Crippen LogP contribution in [0.15, 0.2) is 36.5 Å². The Labute approximate surface area is 531 Å². The highest BCUT2D eigenvalue weighted by molar-refractivity contribution is 7.45. The highest BCUT2D eigenvalue weighted by Gasteiger charge is 2.23. The molecule has 9 heteroatoms. The molecule has 504 valence electrons. The fourth-order valence-corrected chi connectivity index (χ4v) is 12.4. The fraction of sp³-hybridized carbons (Fsp3) is 0.908. The lowest BCUT2D eigenvalue weighted by Gasteiger charge is -2.29. The molecule has 0 aromatic rings. The first kappa shape index (κ1) is 83.7. The maximum absolute atomic E-state index is 13.1. The van der Waals surface area contributed by atoms with E-state index in [1.807, 2.05) is 27.2 Å². The van der Waals surface area contributed by atoms with Gasteiger partial charge in [0.2, 0.25) is 5.91 Å². The molecule has 2 N–H and O–H groups in total. The van der Waals surface area contributed by atoms with Crippen LogP contribution in [0, 0.1) is 0 Å². The minimum Gasteiger partial charge on any atom is -0.756 e. The number of aliphatic hydroxyl groups is 1. The summed E-state index contributed by atoms with van der Waals surface area (Å²) in [7, 11) is 1.26. The van der Waals surface area contributed by atoms with Gasteiger partial charge in [-0.3, -0.25) is 9.36 Å². The Morgan fingerprint density at radius 2 is 0.659 bits per heavy atom. The molecule has 1 amide bonds. The van der Waals surface area contributed by atoms with E-state index in [9.17, 15) is 19.4 Å². The Balaban J connectivity index is 3.98. The number of aliphatic hydroxyl groups excluding tert-OH is 1. The van der Waals surface area contributed by atoms with E-state index in [4.69, 9.17) is 9.05 Å². The molecule has 8 nitrogen and oxygen atoms in total. The average Bonchev–Trinajstić information content (AvgIpc) is 3.49. The van der Waals surface area contributed by atoms with Gasteiger partial charge in [-0.25, -0.2) is 0 Å². The highest BCUT2D eigenvalue weighted by Crippen LogP contribution is 2.38. The van der Waals surface area contributed by atoms with Crippen molar-refractivity contribution in [3.8, 4) is 0 Å². The monoisotopic (exact) mass is 1220 g/mol. The topological polar surface area (TPSA) is 108 Å². The molecule has 85 heavy (non-hydrogen) atoms. The van der Waals surface area contributed by atoms with Gasteiger partial charge in [0.15, 0.2) is 0 Å². The van der Waals surface area contributed by atoms with Crippen LogP contribution in [0.25, 0.3) is 0 Å². The molecule has 0 radical (unpaired) electrons. The molecule has 3 atom stereocenters. The summed E-state index contributed by atoms with van der Waals surface area (Å²) in [4.78, 5) is 25.7. The van der Waals surface area contributed by atoms with Crippen LogP contribution in [0.2, 0.25) is 0 Å². The molecule has 0 saturated carbocycles. The predicted octanol–water partition coefficient (Wildman–Crippen LogP) is 23.8. The largest absolute Gasteiger partial charge is 0.756 e. The third kappa shape index (κ3) is 70.0. The van der Waals surface area contributed by atoms with E-state index in [-0.39, 0.29) is 19.1 Å². The number of nitrogens with zero attached hydrogens (tertiary/aromatic N) is 1.